The monoisotopic (exact) mass is 282 g/mol. The van der Waals surface area contributed by atoms with Gasteiger partial charge in [0.2, 0.25) is 0 Å². The van der Waals surface area contributed by atoms with Crippen LogP contribution in [0.2, 0.25) is 0 Å². The number of ketones is 2. The van der Waals surface area contributed by atoms with E-state index in [0.29, 0.717) is 6.42 Å². The zero-order chi connectivity index (χ0) is 12.1. The number of hydrogen-bond acceptors (Lipinski definition) is 2. The van der Waals surface area contributed by atoms with Gasteiger partial charge in [0.05, 0.1) is 6.42 Å². The van der Waals surface area contributed by atoms with E-state index in [2.05, 4.69) is 15.9 Å². The molecule has 0 saturated carbocycles. The average molecular weight is 283 g/mol. The highest BCUT2D eigenvalue weighted by atomic mass is 79.9. The maximum Gasteiger partial charge on any atom is 0.144 e. The molecule has 0 saturated heterocycles. The first-order chi connectivity index (χ1) is 7.49. The first-order valence-corrected chi connectivity index (χ1v) is 6.07. The lowest BCUT2D eigenvalue weighted by molar-refractivity contribution is -0.128. The molecule has 0 aliphatic heterocycles. The van der Waals surface area contributed by atoms with Gasteiger partial charge in [0.25, 0.3) is 0 Å². The van der Waals surface area contributed by atoms with E-state index >= 15 is 0 Å². The molecular weight excluding hydrogens is 268 g/mol. The van der Waals surface area contributed by atoms with Crippen LogP contribution in [0.25, 0.3) is 0 Å². The van der Waals surface area contributed by atoms with Crippen LogP contribution >= 0.6 is 15.9 Å². The summed E-state index contributed by atoms with van der Waals surface area (Å²) in [6, 6.07) is 7.59. The van der Waals surface area contributed by atoms with Crippen molar-refractivity contribution in [2.75, 3.05) is 0 Å². The highest BCUT2D eigenvalue weighted by Crippen LogP contribution is 2.13. The summed E-state index contributed by atoms with van der Waals surface area (Å²) in [5, 5.41) is 0. The van der Waals surface area contributed by atoms with Gasteiger partial charge >= 0.3 is 0 Å². The summed E-state index contributed by atoms with van der Waals surface area (Å²) >= 11 is 3.35. The highest BCUT2D eigenvalue weighted by molar-refractivity contribution is 9.10. The van der Waals surface area contributed by atoms with E-state index in [1.807, 2.05) is 38.1 Å². The Morgan fingerprint density at radius 1 is 1.31 bits per heavy atom. The molecule has 0 unspecified atom stereocenters. The Labute approximate surface area is 104 Å². The molecule has 0 heterocycles. The van der Waals surface area contributed by atoms with Gasteiger partial charge in [0.15, 0.2) is 0 Å². The second-order valence-electron chi connectivity index (χ2n) is 4.14. The van der Waals surface area contributed by atoms with Gasteiger partial charge in [-0.25, -0.2) is 0 Å². The molecule has 0 spiro atoms. The molecule has 3 heteroatoms. The molecule has 16 heavy (non-hydrogen) atoms. The van der Waals surface area contributed by atoms with E-state index < -0.39 is 0 Å². The largest absolute Gasteiger partial charge is 0.299 e. The van der Waals surface area contributed by atoms with Gasteiger partial charge in [-0.15, -0.1) is 0 Å². The van der Waals surface area contributed by atoms with E-state index in [-0.39, 0.29) is 23.9 Å². The Morgan fingerprint density at radius 2 is 2.00 bits per heavy atom. The molecular formula is C13H15BrO2. The molecule has 0 aromatic heterocycles. The number of rotatable bonds is 5. The van der Waals surface area contributed by atoms with Crippen molar-refractivity contribution in [2.45, 2.75) is 26.7 Å². The van der Waals surface area contributed by atoms with Crippen LogP contribution in [0.3, 0.4) is 0 Å². The number of halogens is 1. The average Bonchev–Trinajstić information content (AvgIpc) is 2.16. The summed E-state index contributed by atoms with van der Waals surface area (Å²) in [6.45, 7) is 3.63. The fraction of sp³-hybridized carbons (Fsp3) is 0.385. The minimum absolute atomic E-state index is 0.0139. The van der Waals surface area contributed by atoms with E-state index in [1.54, 1.807) is 0 Å². The van der Waals surface area contributed by atoms with E-state index in [1.165, 1.54) is 0 Å². The van der Waals surface area contributed by atoms with E-state index in [9.17, 15) is 9.59 Å². The standard InChI is InChI=1S/C13H15BrO2/c1-9(2)13(16)8-12(15)7-10-4-3-5-11(14)6-10/h3-6,9H,7-8H2,1-2H3. The zero-order valence-corrected chi connectivity index (χ0v) is 11.1. The third-order valence-electron chi connectivity index (χ3n) is 2.31. The third-order valence-corrected chi connectivity index (χ3v) is 2.80. The SMILES string of the molecule is CC(C)C(=O)CC(=O)Cc1cccc(Br)c1. The van der Waals surface area contributed by atoms with Crippen LogP contribution in [0.5, 0.6) is 0 Å². The normalized spacial score (nSPS) is 10.5. The summed E-state index contributed by atoms with van der Waals surface area (Å²) in [4.78, 5) is 23.0. The number of hydrogen-bond donors (Lipinski definition) is 0. The predicted octanol–water partition coefficient (Wildman–Crippen LogP) is 3.18. The van der Waals surface area contributed by atoms with Crippen molar-refractivity contribution in [1.29, 1.82) is 0 Å². The minimum atomic E-state index is -0.0635. The number of Topliss-reactive ketones (excluding diaryl/α,β-unsaturated/α-hetero) is 2. The number of carbonyl (C=O) groups excluding carboxylic acids is 2. The molecule has 0 aliphatic rings. The van der Waals surface area contributed by atoms with Crippen molar-refractivity contribution < 1.29 is 9.59 Å². The molecule has 0 aliphatic carbocycles. The maximum atomic E-state index is 11.6. The quantitative estimate of drug-likeness (QED) is 0.778. The topological polar surface area (TPSA) is 34.1 Å². The summed E-state index contributed by atoms with van der Waals surface area (Å²) in [5.41, 5.74) is 0.941. The lowest BCUT2D eigenvalue weighted by Crippen LogP contribution is -2.14. The Morgan fingerprint density at radius 3 is 2.56 bits per heavy atom. The molecule has 86 valence electrons. The summed E-state index contributed by atoms with van der Waals surface area (Å²) in [6.07, 6.45) is 0.377. The van der Waals surface area contributed by atoms with Gasteiger partial charge in [0, 0.05) is 16.8 Å². The smallest absolute Gasteiger partial charge is 0.144 e. The van der Waals surface area contributed by atoms with Crippen LogP contribution in [0.4, 0.5) is 0 Å². The molecule has 0 atom stereocenters. The van der Waals surface area contributed by atoms with Crippen LogP contribution in [-0.4, -0.2) is 11.6 Å². The van der Waals surface area contributed by atoms with E-state index in [4.69, 9.17) is 0 Å². The van der Waals surface area contributed by atoms with Gasteiger partial charge < -0.3 is 0 Å². The Balaban J connectivity index is 2.55. The van der Waals surface area contributed by atoms with Crippen LogP contribution in [0.15, 0.2) is 28.7 Å². The van der Waals surface area contributed by atoms with Gasteiger partial charge in [-0.1, -0.05) is 41.9 Å². The van der Waals surface area contributed by atoms with Gasteiger partial charge in [-0.3, -0.25) is 9.59 Å². The van der Waals surface area contributed by atoms with Gasteiger partial charge in [-0.2, -0.15) is 0 Å². The summed E-state index contributed by atoms with van der Waals surface area (Å²) in [7, 11) is 0. The van der Waals surface area contributed by atoms with E-state index in [0.717, 1.165) is 10.0 Å². The minimum Gasteiger partial charge on any atom is -0.299 e. The van der Waals surface area contributed by atoms with Crippen LogP contribution in [-0.2, 0) is 16.0 Å². The van der Waals surface area contributed by atoms with Crippen molar-refractivity contribution >= 4 is 27.5 Å². The molecule has 1 rings (SSSR count). The summed E-state index contributed by atoms with van der Waals surface area (Å²) in [5.74, 6) is -0.0664. The third kappa shape index (κ3) is 4.27. The fourth-order valence-electron chi connectivity index (χ4n) is 1.34. The van der Waals surface area contributed by atoms with Crippen LogP contribution < -0.4 is 0 Å². The van der Waals surface area contributed by atoms with Crippen molar-refractivity contribution in [3.63, 3.8) is 0 Å². The van der Waals surface area contributed by atoms with Crippen LogP contribution in [0.1, 0.15) is 25.8 Å². The molecule has 0 bridgehead atoms. The lowest BCUT2D eigenvalue weighted by atomic mass is 10.00. The summed E-state index contributed by atoms with van der Waals surface area (Å²) < 4.78 is 0.952. The van der Waals surface area contributed by atoms with Crippen molar-refractivity contribution in [2.24, 2.45) is 5.92 Å². The lowest BCUT2D eigenvalue weighted by Gasteiger charge is -2.04. The Hall–Kier alpha value is -0.960. The fourth-order valence-corrected chi connectivity index (χ4v) is 1.78. The highest BCUT2D eigenvalue weighted by Gasteiger charge is 2.13. The molecule has 0 fully saturated rings. The first kappa shape index (κ1) is 13.1. The van der Waals surface area contributed by atoms with Gasteiger partial charge in [-0.05, 0) is 17.7 Å². The maximum absolute atomic E-state index is 11.6. The van der Waals surface area contributed by atoms with Gasteiger partial charge in [0.1, 0.15) is 11.6 Å². The molecule has 1 aromatic carbocycles. The van der Waals surface area contributed by atoms with Crippen molar-refractivity contribution in [3.8, 4) is 0 Å². The van der Waals surface area contributed by atoms with Crippen LogP contribution in [0, 0.1) is 5.92 Å². The van der Waals surface area contributed by atoms with Crippen molar-refractivity contribution in [3.05, 3.63) is 34.3 Å². The number of carbonyl (C=O) groups is 2. The second-order valence-corrected chi connectivity index (χ2v) is 5.06. The number of benzene rings is 1. The Bertz CT molecular complexity index is 397. The molecule has 0 N–H and O–H groups in total. The predicted molar refractivity (Wildman–Crippen MR) is 67.3 cm³/mol. The first-order valence-electron chi connectivity index (χ1n) is 5.28. The zero-order valence-electron chi connectivity index (χ0n) is 9.50. The molecule has 2 nitrogen and oxygen atoms in total. The van der Waals surface area contributed by atoms with Crippen molar-refractivity contribution in [1.82, 2.24) is 0 Å². The Kier molecular flexibility index (Phi) is 4.87. The molecule has 0 amide bonds. The molecule has 1 aromatic rings. The second kappa shape index (κ2) is 5.94. The molecule has 0 radical (unpaired) electrons.